The number of nitro groups is 1. The van der Waals surface area contributed by atoms with Crippen LogP contribution >= 0.6 is 22.9 Å². The summed E-state index contributed by atoms with van der Waals surface area (Å²) in [5.41, 5.74) is -0.774. The van der Waals surface area contributed by atoms with Crippen molar-refractivity contribution in [3.05, 3.63) is 55.2 Å². The highest BCUT2D eigenvalue weighted by molar-refractivity contribution is 7.18. The van der Waals surface area contributed by atoms with E-state index in [1.165, 1.54) is 0 Å². The van der Waals surface area contributed by atoms with Crippen LogP contribution in [0.25, 0.3) is 0 Å². The SMILES string of the molecule is O=C(Nc1cc(F)ccc1F)c1cc([N+](=O)[O-])c(Cl)s1. The van der Waals surface area contributed by atoms with Gasteiger partial charge in [0.2, 0.25) is 0 Å². The Kier molecular flexibility index (Phi) is 3.96. The molecule has 0 fully saturated rings. The molecule has 0 aliphatic heterocycles. The van der Waals surface area contributed by atoms with Crippen molar-refractivity contribution in [1.82, 2.24) is 0 Å². The Bertz CT molecular complexity index is 705. The summed E-state index contributed by atoms with van der Waals surface area (Å²) >= 11 is 6.28. The molecule has 2 rings (SSSR count). The fourth-order valence-electron chi connectivity index (χ4n) is 1.37. The van der Waals surface area contributed by atoms with Crippen molar-refractivity contribution >= 4 is 40.2 Å². The number of carbonyl (C=O) groups is 1. The van der Waals surface area contributed by atoms with E-state index in [-0.39, 0.29) is 14.9 Å². The van der Waals surface area contributed by atoms with Crippen LogP contribution in [0.5, 0.6) is 0 Å². The molecule has 5 nitrogen and oxygen atoms in total. The second kappa shape index (κ2) is 5.51. The van der Waals surface area contributed by atoms with E-state index in [9.17, 15) is 23.7 Å². The summed E-state index contributed by atoms with van der Waals surface area (Å²) in [4.78, 5) is 21.6. The molecule has 0 bridgehead atoms. The number of anilines is 1. The molecule has 0 unspecified atom stereocenters. The predicted molar refractivity (Wildman–Crippen MR) is 70.3 cm³/mol. The maximum atomic E-state index is 13.3. The minimum atomic E-state index is -0.822. The van der Waals surface area contributed by atoms with Gasteiger partial charge in [0, 0.05) is 12.1 Å². The average Bonchev–Trinajstić information content (AvgIpc) is 2.76. The van der Waals surface area contributed by atoms with Gasteiger partial charge in [-0.15, -0.1) is 11.3 Å². The Morgan fingerprint density at radius 1 is 1.35 bits per heavy atom. The maximum Gasteiger partial charge on any atom is 0.299 e. The first-order chi connectivity index (χ1) is 9.38. The summed E-state index contributed by atoms with van der Waals surface area (Å²) in [5, 5.41) is 12.7. The highest BCUT2D eigenvalue weighted by Gasteiger charge is 2.21. The van der Waals surface area contributed by atoms with E-state index in [4.69, 9.17) is 11.6 Å². The van der Waals surface area contributed by atoms with Crippen LogP contribution in [0.2, 0.25) is 4.34 Å². The van der Waals surface area contributed by atoms with Crippen LogP contribution in [0.3, 0.4) is 0 Å². The monoisotopic (exact) mass is 318 g/mol. The molecule has 1 N–H and O–H groups in total. The van der Waals surface area contributed by atoms with E-state index < -0.39 is 28.2 Å². The zero-order chi connectivity index (χ0) is 14.9. The normalized spacial score (nSPS) is 10.3. The molecule has 0 spiro atoms. The summed E-state index contributed by atoms with van der Waals surface area (Å²) < 4.78 is 26.1. The second-order valence-corrected chi connectivity index (χ2v) is 5.26. The van der Waals surface area contributed by atoms with Crippen LogP contribution in [0.1, 0.15) is 9.67 Å². The molecule has 1 heterocycles. The third-order valence-corrected chi connectivity index (χ3v) is 3.60. The molecule has 0 atom stereocenters. The smallest absolute Gasteiger partial charge is 0.299 e. The molecule has 104 valence electrons. The van der Waals surface area contributed by atoms with Crippen molar-refractivity contribution in [2.45, 2.75) is 0 Å². The Hall–Kier alpha value is -2.06. The van der Waals surface area contributed by atoms with Gasteiger partial charge >= 0.3 is 0 Å². The van der Waals surface area contributed by atoms with Crippen molar-refractivity contribution in [2.75, 3.05) is 5.32 Å². The van der Waals surface area contributed by atoms with Gasteiger partial charge < -0.3 is 5.32 Å². The third-order valence-electron chi connectivity index (χ3n) is 2.27. The summed E-state index contributed by atoms with van der Waals surface area (Å²) in [6.45, 7) is 0. The number of thiophene rings is 1. The van der Waals surface area contributed by atoms with E-state index in [0.29, 0.717) is 11.3 Å². The Morgan fingerprint density at radius 3 is 2.65 bits per heavy atom. The molecule has 2 aromatic rings. The van der Waals surface area contributed by atoms with Gasteiger partial charge in [-0.1, -0.05) is 11.6 Å². The molecule has 1 amide bonds. The molecule has 20 heavy (non-hydrogen) atoms. The second-order valence-electron chi connectivity index (χ2n) is 3.60. The van der Waals surface area contributed by atoms with Gasteiger partial charge in [0.05, 0.1) is 10.6 Å². The lowest BCUT2D eigenvalue weighted by atomic mass is 10.3. The molecule has 0 aliphatic carbocycles. The lowest BCUT2D eigenvalue weighted by Crippen LogP contribution is -2.11. The molecule has 0 aliphatic rings. The molecular weight excluding hydrogens is 314 g/mol. The number of rotatable bonds is 3. The zero-order valence-corrected chi connectivity index (χ0v) is 11.1. The minimum absolute atomic E-state index is 0.0784. The number of halogens is 3. The van der Waals surface area contributed by atoms with Crippen molar-refractivity contribution in [3.8, 4) is 0 Å². The number of amides is 1. The van der Waals surface area contributed by atoms with Crippen LogP contribution in [0.15, 0.2) is 24.3 Å². The average molecular weight is 319 g/mol. The minimum Gasteiger partial charge on any atom is -0.319 e. The lowest BCUT2D eigenvalue weighted by Gasteiger charge is -2.04. The Morgan fingerprint density at radius 2 is 2.05 bits per heavy atom. The van der Waals surface area contributed by atoms with E-state index in [0.717, 1.165) is 24.3 Å². The molecule has 0 saturated heterocycles. The first-order valence-electron chi connectivity index (χ1n) is 5.08. The number of carbonyl (C=O) groups excluding carboxylic acids is 1. The fourth-order valence-corrected chi connectivity index (χ4v) is 2.49. The summed E-state index contributed by atoms with van der Waals surface area (Å²) in [6.07, 6.45) is 0. The van der Waals surface area contributed by atoms with Crippen LogP contribution in [-0.2, 0) is 0 Å². The number of benzene rings is 1. The van der Waals surface area contributed by atoms with Gasteiger partial charge in [-0.05, 0) is 12.1 Å². The lowest BCUT2D eigenvalue weighted by molar-refractivity contribution is -0.384. The van der Waals surface area contributed by atoms with E-state index in [1.807, 2.05) is 0 Å². The summed E-state index contributed by atoms with van der Waals surface area (Å²) in [6, 6.07) is 3.53. The van der Waals surface area contributed by atoms with Crippen LogP contribution in [0, 0.1) is 21.7 Å². The molecule has 1 aromatic carbocycles. The fraction of sp³-hybridized carbons (Fsp3) is 0. The summed E-state index contributed by atoms with van der Waals surface area (Å²) in [5.74, 6) is -2.36. The number of nitrogens with zero attached hydrogens (tertiary/aromatic N) is 1. The Balaban J connectivity index is 2.26. The van der Waals surface area contributed by atoms with Crippen molar-refractivity contribution < 1.29 is 18.5 Å². The Labute approximate surface area is 119 Å². The van der Waals surface area contributed by atoms with Crippen molar-refractivity contribution in [1.29, 1.82) is 0 Å². The number of nitrogens with one attached hydrogen (secondary N) is 1. The predicted octanol–water partition coefficient (Wildman–Crippen LogP) is 3.84. The van der Waals surface area contributed by atoms with Crippen molar-refractivity contribution in [2.24, 2.45) is 0 Å². The van der Waals surface area contributed by atoms with Crippen LogP contribution in [-0.4, -0.2) is 10.8 Å². The number of hydrogen-bond acceptors (Lipinski definition) is 4. The maximum absolute atomic E-state index is 13.3. The van der Waals surface area contributed by atoms with Crippen molar-refractivity contribution in [3.63, 3.8) is 0 Å². The first-order valence-corrected chi connectivity index (χ1v) is 6.28. The van der Waals surface area contributed by atoms with E-state index in [2.05, 4.69) is 5.32 Å². The summed E-state index contributed by atoms with van der Waals surface area (Å²) in [7, 11) is 0. The largest absolute Gasteiger partial charge is 0.319 e. The van der Waals surface area contributed by atoms with Crippen LogP contribution in [0.4, 0.5) is 20.2 Å². The highest BCUT2D eigenvalue weighted by atomic mass is 35.5. The van der Waals surface area contributed by atoms with Gasteiger partial charge in [0.15, 0.2) is 4.34 Å². The first kappa shape index (κ1) is 14.4. The number of hydrogen-bond donors (Lipinski definition) is 1. The van der Waals surface area contributed by atoms with Gasteiger partial charge in [-0.2, -0.15) is 0 Å². The molecular formula is C11H5ClF2N2O3S. The quantitative estimate of drug-likeness (QED) is 0.690. The molecule has 1 aromatic heterocycles. The van der Waals surface area contributed by atoms with Gasteiger partial charge in [-0.3, -0.25) is 14.9 Å². The van der Waals surface area contributed by atoms with Gasteiger partial charge in [-0.25, -0.2) is 8.78 Å². The van der Waals surface area contributed by atoms with E-state index >= 15 is 0 Å². The van der Waals surface area contributed by atoms with Crippen LogP contribution < -0.4 is 5.32 Å². The van der Waals surface area contributed by atoms with Gasteiger partial charge in [0.25, 0.3) is 11.6 Å². The third kappa shape index (κ3) is 2.91. The molecule has 9 heteroatoms. The molecule has 0 radical (unpaired) electrons. The van der Waals surface area contributed by atoms with E-state index in [1.54, 1.807) is 0 Å². The standard InChI is InChI=1S/C11H5ClF2N2O3S/c12-10-8(16(18)19)4-9(20-10)11(17)15-7-3-5(13)1-2-6(7)14/h1-4H,(H,15,17). The molecule has 0 saturated carbocycles. The highest BCUT2D eigenvalue weighted by Crippen LogP contribution is 2.34. The topological polar surface area (TPSA) is 72.2 Å². The van der Waals surface area contributed by atoms with Gasteiger partial charge in [0.1, 0.15) is 16.5 Å². The zero-order valence-electron chi connectivity index (χ0n) is 9.52.